The fourth-order valence-electron chi connectivity index (χ4n) is 2.37. The topological polar surface area (TPSA) is 84.4 Å². The molecule has 0 aliphatic carbocycles. The first-order chi connectivity index (χ1) is 10.7. The van der Waals surface area contributed by atoms with Gasteiger partial charge in [0.15, 0.2) is 0 Å². The molecule has 0 spiro atoms. The molecule has 1 unspecified atom stereocenters. The lowest BCUT2D eigenvalue weighted by Gasteiger charge is -2.32. The van der Waals surface area contributed by atoms with Gasteiger partial charge in [0.1, 0.15) is 24.5 Å². The second kappa shape index (κ2) is 8.02. The van der Waals surface area contributed by atoms with Crippen molar-refractivity contribution < 1.29 is 4.74 Å². The summed E-state index contributed by atoms with van der Waals surface area (Å²) < 4.78 is 5.83. The third-order valence-electron chi connectivity index (χ3n) is 3.73. The molecule has 0 amide bonds. The minimum Gasteiger partial charge on any atom is -0.492 e. The van der Waals surface area contributed by atoms with Gasteiger partial charge in [0, 0.05) is 6.04 Å². The van der Waals surface area contributed by atoms with E-state index in [1.807, 2.05) is 12.1 Å². The lowest BCUT2D eigenvalue weighted by molar-refractivity contribution is 0.125. The van der Waals surface area contributed by atoms with E-state index in [1.54, 1.807) is 24.3 Å². The average Bonchev–Trinajstić information content (AvgIpc) is 2.56. The number of hydrogen-bond donors (Lipinski definition) is 1. The molecule has 0 aromatic heterocycles. The van der Waals surface area contributed by atoms with Crippen molar-refractivity contribution in [1.29, 1.82) is 10.5 Å². The normalized spacial score (nSPS) is 17.9. The lowest BCUT2D eigenvalue weighted by atomic mass is 10.0. The summed E-state index contributed by atoms with van der Waals surface area (Å²) in [5, 5.41) is 20.9. The SMILES string of the molecule is CN1CCCCC1COc1ccc(NN=C(C#N)C#N)cc1. The fourth-order valence-corrected chi connectivity index (χ4v) is 2.37. The Bertz CT molecular complexity index is 580. The predicted molar refractivity (Wildman–Crippen MR) is 84.5 cm³/mol. The Morgan fingerprint density at radius 1 is 1.32 bits per heavy atom. The number of likely N-dealkylation sites (N-methyl/N-ethyl adjacent to an activating group) is 1. The first kappa shape index (κ1) is 15.8. The number of likely N-dealkylation sites (tertiary alicyclic amines) is 1. The van der Waals surface area contributed by atoms with E-state index in [1.165, 1.54) is 19.3 Å². The van der Waals surface area contributed by atoms with E-state index in [4.69, 9.17) is 15.3 Å². The van der Waals surface area contributed by atoms with Crippen LogP contribution in [0.4, 0.5) is 5.69 Å². The molecule has 1 atom stereocenters. The highest BCUT2D eigenvalue weighted by molar-refractivity contribution is 6.10. The van der Waals surface area contributed by atoms with Crippen molar-refractivity contribution in [2.45, 2.75) is 25.3 Å². The molecule has 0 bridgehead atoms. The van der Waals surface area contributed by atoms with Crippen LogP contribution in [-0.2, 0) is 0 Å². The zero-order chi connectivity index (χ0) is 15.8. The quantitative estimate of drug-likeness (QED) is 0.666. The number of ether oxygens (including phenoxy) is 1. The van der Waals surface area contributed by atoms with Crippen molar-refractivity contribution in [2.75, 3.05) is 25.6 Å². The summed E-state index contributed by atoms with van der Waals surface area (Å²) >= 11 is 0. The second-order valence-electron chi connectivity index (χ2n) is 5.26. The highest BCUT2D eigenvalue weighted by Gasteiger charge is 2.19. The smallest absolute Gasteiger partial charge is 0.237 e. The highest BCUT2D eigenvalue weighted by Crippen LogP contribution is 2.19. The molecule has 1 heterocycles. The van der Waals surface area contributed by atoms with Crippen molar-refractivity contribution in [3.8, 4) is 17.9 Å². The van der Waals surface area contributed by atoms with Gasteiger partial charge >= 0.3 is 0 Å². The summed E-state index contributed by atoms with van der Waals surface area (Å²) in [4.78, 5) is 2.35. The number of rotatable bonds is 5. The van der Waals surface area contributed by atoms with Crippen LogP contribution in [0.5, 0.6) is 5.75 Å². The van der Waals surface area contributed by atoms with Gasteiger partial charge in [-0.15, -0.1) is 0 Å². The van der Waals surface area contributed by atoms with Crippen LogP contribution in [0, 0.1) is 22.7 Å². The number of nitrogens with zero attached hydrogens (tertiary/aromatic N) is 4. The summed E-state index contributed by atoms with van der Waals surface area (Å²) in [7, 11) is 2.14. The molecule has 1 fully saturated rings. The molecule has 0 radical (unpaired) electrons. The number of nitriles is 2. The van der Waals surface area contributed by atoms with Gasteiger partial charge in [-0.1, -0.05) is 6.42 Å². The van der Waals surface area contributed by atoms with Gasteiger partial charge in [-0.25, -0.2) is 0 Å². The molecule has 114 valence electrons. The molecule has 1 aliphatic rings. The van der Waals surface area contributed by atoms with Gasteiger partial charge in [-0.2, -0.15) is 15.6 Å². The third kappa shape index (κ3) is 4.47. The first-order valence-corrected chi connectivity index (χ1v) is 7.30. The van der Waals surface area contributed by atoms with Crippen LogP contribution < -0.4 is 10.2 Å². The maximum atomic E-state index is 8.60. The van der Waals surface area contributed by atoms with Crippen molar-refractivity contribution in [1.82, 2.24) is 4.90 Å². The van der Waals surface area contributed by atoms with E-state index in [9.17, 15) is 0 Å². The highest BCUT2D eigenvalue weighted by atomic mass is 16.5. The molecular weight excluding hydrogens is 278 g/mol. The van der Waals surface area contributed by atoms with Crippen molar-refractivity contribution in [3.63, 3.8) is 0 Å². The fraction of sp³-hybridized carbons (Fsp3) is 0.438. The lowest BCUT2D eigenvalue weighted by Crippen LogP contribution is -2.40. The number of hydrazone groups is 1. The second-order valence-corrected chi connectivity index (χ2v) is 5.26. The molecule has 1 aliphatic heterocycles. The van der Waals surface area contributed by atoms with E-state index in [-0.39, 0.29) is 5.71 Å². The summed E-state index contributed by atoms with van der Waals surface area (Å²) in [6.45, 7) is 1.82. The van der Waals surface area contributed by atoms with Gasteiger partial charge in [0.25, 0.3) is 0 Å². The van der Waals surface area contributed by atoms with Crippen molar-refractivity contribution in [2.24, 2.45) is 5.10 Å². The van der Waals surface area contributed by atoms with Crippen LogP contribution in [0.25, 0.3) is 0 Å². The Kier molecular flexibility index (Phi) is 5.76. The monoisotopic (exact) mass is 297 g/mol. The Labute approximate surface area is 130 Å². The Morgan fingerprint density at radius 3 is 2.68 bits per heavy atom. The number of hydrogen-bond acceptors (Lipinski definition) is 6. The van der Waals surface area contributed by atoms with Crippen LogP contribution in [-0.4, -0.2) is 36.9 Å². The van der Waals surface area contributed by atoms with Gasteiger partial charge < -0.3 is 9.64 Å². The van der Waals surface area contributed by atoms with Gasteiger partial charge in [-0.3, -0.25) is 5.43 Å². The minimum atomic E-state index is -0.208. The Morgan fingerprint density at radius 2 is 2.05 bits per heavy atom. The molecule has 6 nitrogen and oxygen atoms in total. The van der Waals surface area contributed by atoms with Crippen LogP contribution in [0.3, 0.4) is 0 Å². The number of nitrogens with one attached hydrogen (secondary N) is 1. The molecule has 1 saturated heterocycles. The molecule has 1 aromatic rings. The van der Waals surface area contributed by atoms with Crippen LogP contribution >= 0.6 is 0 Å². The Balaban J connectivity index is 1.85. The molecular formula is C16H19N5O. The van der Waals surface area contributed by atoms with E-state index in [0.717, 1.165) is 12.3 Å². The first-order valence-electron chi connectivity index (χ1n) is 7.30. The molecule has 22 heavy (non-hydrogen) atoms. The number of piperidine rings is 1. The van der Waals surface area contributed by atoms with Gasteiger partial charge in [0.2, 0.25) is 5.71 Å². The summed E-state index contributed by atoms with van der Waals surface area (Å²) in [5.74, 6) is 0.800. The summed E-state index contributed by atoms with van der Waals surface area (Å²) in [5.41, 5.74) is 3.16. The zero-order valence-corrected chi connectivity index (χ0v) is 12.6. The maximum Gasteiger partial charge on any atom is 0.237 e. The minimum absolute atomic E-state index is 0.208. The number of anilines is 1. The molecule has 2 rings (SSSR count). The zero-order valence-electron chi connectivity index (χ0n) is 12.6. The Hall–Kier alpha value is -2.57. The van der Waals surface area contributed by atoms with Crippen LogP contribution in [0.1, 0.15) is 19.3 Å². The summed E-state index contributed by atoms with van der Waals surface area (Å²) in [6.07, 6.45) is 3.70. The predicted octanol–water partition coefficient (Wildman–Crippen LogP) is 2.36. The van der Waals surface area contributed by atoms with E-state index in [0.29, 0.717) is 18.3 Å². The van der Waals surface area contributed by atoms with Crippen molar-refractivity contribution >= 4 is 11.4 Å². The van der Waals surface area contributed by atoms with E-state index in [2.05, 4.69) is 22.5 Å². The average molecular weight is 297 g/mol. The molecule has 6 heteroatoms. The summed E-state index contributed by atoms with van der Waals surface area (Å²) in [6, 6.07) is 11.2. The maximum absolute atomic E-state index is 8.60. The van der Waals surface area contributed by atoms with E-state index < -0.39 is 0 Å². The van der Waals surface area contributed by atoms with Gasteiger partial charge in [-0.05, 0) is 50.7 Å². The number of benzene rings is 1. The standard InChI is InChI=1S/C16H19N5O/c1-21-9-3-2-4-15(21)12-22-16-7-5-13(6-8-16)19-20-14(10-17)11-18/h5-8,15,19H,2-4,9,12H2,1H3. The molecule has 1 N–H and O–H groups in total. The van der Waals surface area contributed by atoms with Crippen LogP contribution in [0.2, 0.25) is 0 Å². The van der Waals surface area contributed by atoms with E-state index >= 15 is 0 Å². The molecule has 0 saturated carbocycles. The molecule has 1 aromatic carbocycles. The van der Waals surface area contributed by atoms with Crippen molar-refractivity contribution in [3.05, 3.63) is 24.3 Å². The third-order valence-corrected chi connectivity index (χ3v) is 3.73. The van der Waals surface area contributed by atoms with Gasteiger partial charge in [0.05, 0.1) is 5.69 Å². The largest absolute Gasteiger partial charge is 0.492 e. The van der Waals surface area contributed by atoms with Crippen LogP contribution in [0.15, 0.2) is 29.4 Å².